The summed E-state index contributed by atoms with van der Waals surface area (Å²) in [6.45, 7) is 2.67. The van der Waals surface area contributed by atoms with Crippen LogP contribution in [0.4, 0.5) is 0 Å². The third kappa shape index (κ3) is 3.85. The average molecular weight is 357 g/mol. The summed E-state index contributed by atoms with van der Waals surface area (Å²) in [4.78, 5) is 26.9. The summed E-state index contributed by atoms with van der Waals surface area (Å²) in [6, 6.07) is 17.1. The van der Waals surface area contributed by atoms with Crippen LogP contribution in [0.2, 0.25) is 5.02 Å². The van der Waals surface area contributed by atoms with Crippen molar-refractivity contribution in [3.63, 3.8) is 0 Å². The lowest BCUT2D eigenvalue weighted by atomic mass is 9.97. The fraction of sp³-hybridized carbons (Fsp3) is 0.300. The van der Waals surface area contributed by atoms with Crippen LogP contribution in [0.1, 0.15) is 30.9 Å². The molecule has 0 saturated carbocycles. The minimum absolute atomic E-state index is 0.00247. The van der Waals surface area contributed by atoms with Crippen molar-refractivity contribution < 1.29 is 9.59 Å². The highest BCUT2D eigenvalue weighted by Crippen LogP contribution is 2.32. The first-order valence-corrected chi connectivity index (χ1v) is 8.74. The van der Waals surface area contributed by atoms with Crippen LogP contribution in [-0.4, -0.2) is 22.3 Å². The lowest BCUT2D eigenvalue weighted by Crippen LogP contribution is -2.53. The second-order valence-electron chi connectivity index (χ2n) is 6.55. The van der Waals surface area contributed by atoms with E-state index in [1.54, 1.807) is 11.0 Å². The highest BCUT2D eigenvalue weighted by molar-refractivity contribution is 6.30. The predicted molar refractivity (Wildman–Crippen MR) is 97.9 cm³/mol. The van der Waals surface area contributed by atoms with Gasteiger partial charge in [0.15, 0.2) is 0 Å². The van der Waals surface area contributed by atoms with Crippen molar-refractivity contribution in [1.29, 1.82) is 0 Å². The molecule has 130 valence electrons. The molecule has 0 aromatic heterocycles. The zero-order valence-corrected chi connectivity index (χ0v) is 14.9. The molecule has 2 amide bonds. The summed E-state index contributed by atoms with van der Waals surface area (Å²) in [7, 11) is 0. The molecular weight excluding hydrogens is 336 g/mol. The Kier molecular flexibility index (Phi) is 5.09. The minimum atomic E-state index is -0.839. The van der Waals surface area contributed by atoms with Gasteiger partial charge in [-0.2, -0.15) is 0 Å². The number of hydrogen-bond donors (Lipinski definition) is 1. The van der Waals surface area contributed by atoms with Gasteiger partial charge in [-0.3, -0.25) is 9.59 Å². The predicted octanol–water partition coefficient (Wildman–Crippen LogP) is 3.54. The number of hydrogen-bond acceptors (Lipinski definition) is 2. The number of likely N-dealkylation sites (tertiary alicyclic amines) is 1. The van der Waals surface area contributed by atoms with E-state index in [2.05, 4.69) is 5.32 Å². The topological polar surface area (TPSA) is 49.4 Å². The van der Waals surface area contributed by atoms with Gasteiger partial charge in [0.05, 0.1) is 0 Å². The molecule has 2 aromatic carbocycles. The molecule has 1 aliphatic heterocycles. The first-order chi connectivity index (χ1) is 12.0. The van der Waals surface area contributed by atoms with Crippen LogP contribution < -0.4 is 5.32 Å². The lowest BCUT2D eigenvalue weighted by Gasteiger charge is -2.34. The van der Waals surface area contributed by atoms with Crippen LogP contribution in [0.5, 0.6) is 0 Å². The number of carbonyl (C=O) groups excluding carboxylic acids is 2. The first-order valence-electron chi connectivity index (χ1n) is 8.36. The van der Waals surface area contributed by atoms with Crippen molar-refractivity contribution in [1.82, 2.24) is 10.2 Å². The summed E-state index contributed by atoms with van der Waals surface area (Å²) in [5, 5.41) is 3.59. The first kappa shape index (κ1) is 17.5. The summed E-state index contributed by atoms with van der Waals surface area (Å²) in [5.74, 6) is -0.124. The van der Waals surface area contributed by atoms with Gasteiger partial charge >= 0.3 is 0 Å². The molecule has 4 nitrogen and oxygen atoms in total. The molecule has 1 N–H and O–H groups in total. The molecule has 2 aromatic rings. The van der Waals surface area contributed by atoms with E-state index in [0.717, 1.165) is 11.1 Å². The Morgan fingerprint density at radius 3 is 2.60 bits per heavy atom. The maximum absolute atomic E-state index is 12.8. The van der Waals surface area contributed by atoms with Gasteiger partial charge in [-0.1, -0.05) is 54.1 Å². The second kappa shape index (κ2) is 7.28. The third-order valence-corrected chi connectivity index (χ3v) is 4.97. The number of benzene rings is 2. The quantitative estimate of drug-likeness (QED) is 0.890. The van der Waals surface area contributed by atoms with Crippen molar-refractivity contribution in [3.8, 4) is 0 Å². The number of nitrogens with one attached hydrogen (secondary N) is 1. The molecule has 1 heterocycles. The largest absolute Gasteiger partial charge is 0.350 e. The molecular formula is C20H21ClN2O2. The summed E-state index contributed by atoms with van der Waals surface area (Å²) in [6.07, 6.45) is 0.906. The molecule has 3 rings (SSSR count). The number of nitrogens with zero attached hydrogens (tertiary/aromatic N) is 1. The Labute approximate surface area is 152 Å². The van der Waals surface area contributed by atoms with Crippen molar-refractivity contribution >= 4 is 23.4 Å². The van der Waals surface area contributed by atoms with E-state index in [1.165, 1.54) is 0 Å². The second-order valence-corrected chi connectivity index (χ2v) is 6.99. The lowest BCUT2D eigenvalue weighted by molar-refractivity contribution is -0.141. The van der Waals surface area contributed by atoms with Crippen LogP contribution in [0.15, 0.2) is 54.6 Å². The van der Waals surface area contributed by atoms with Crippen LogP contribution in [-0.2, 0) is 22.7 Å². The highest BCUT2D eigenvalue weighted by atomic mass is 35.5. The summed E-state index contributed by atoms with van der Waals surface area (Å²) >= 11 is 6.04. The van der Waals surface area contributed by atoms with Gasteiger partial charge in [0, 0.05) is 24.5 Å². The zero-order chi connectivity index (χ0) is 17.9. The molecule has 1 atom stereocenters. The number of halogens is 1. The molecule has 1 saturated heterocycles. The maximum atomic E-state index is 12.8. The van der Waals surface area contributed by atoms with Gasteiger partial charge in [-0.05, 0) is 36.6 Å². The molecule has 0 aliphatic carbocycles. The minimum Gasteiger partial charge on any atom is -0.350 e. The average Bonchev–Trinajstić information content (AvgIpc) is 2.90. The van der Waals surface area contributed by atoms with Gasteiger partial charge in [-0.15, -0.1) is 0 Å². The van der Waals surface area contributed by atoms with Crippen LogP contribution in [0.25, 0.3) is 0 Å². The van der Waals surface area contributed by atoms with Crippen LogP contribution >= 0.6 is 11.6 Å². The highest BCUT2D eigenvalue weighted by Gasteiger charge is 2.47. The van der Waals surface area contributed by atoms with Gasteiger partial charge in [0.1, 0.15) is 5.54 Å². The fourth-order valence-electron chi connectivity index (χ4n) is 3.18. The molecule has 0 spiro atoms. The summed E-state index contributed by atoms with van der Waals surface area (Å²) in [5.41, 5.74) is 1.11. The molecule has 25 heavy (non-hydrogen) atoms. The smallest absolute Gasteiger partial charge is 0.245 e. The Hall–Kier alpha value is -2.33. The van der Waals surface area contributed by atoms with Crippen molar-refractivity contribution in [2.24, 2.45) is 0 Å². The number of amides is 2. The number of rotatable bonds is 5. The molecule has 0 radical (unpaired) electrons. The molecule has 5 heteroatoms. The Bertz CT molecular complexity index is 778. The molecule has 0 bridgehead atoms. The standard InChI is InChI=1S/C20H21ClN2O2/c1-20(19(25)22-13-15-6-3-2-4-7-15)11-10-18(24)23(20)14-16-8-5-9-17(21)12-16/h2-9,12H,10-11,13-14H2,1H3,(H,22,25). The summed E-state index contributed by atoms with van der Waals surface area (Å²) < 4.78 is 0. The normalized spacial score (nSPS) is 19.9. The van der Waals surface area contributed by atoms with Gasteiger partial charge in [0.2, 0.25) is 11.8 Å². The van der Waals surface area contributed by atoms with Crippen molar-refractivity contribution in [3.05, 3.63) is 70.7 Å². The fourth-order valence-corrected chi connectivity index (χ4v) is 3.39. The van der Waals surface area contributed by atoms with Crippen LogP contribution in [0.3, 0.4) is 0 Å². The van der Waals surface area contributed by atoms with E-state index >= 15 is 0 Å². The maximum Gasteiger partial charge on any atom is 0.245 e. The molecule has 1 fully saturated rings. The molecule has 1 aliphatic rings. The zero-order valence-electron chi connectivity index (χ0n) is 14.2. The van der Waals surface area contributed by atoms with Crippen molar-refractivity contribution in [2.75, 3.05) is 0 Å². The van der Waals surface area contributed by atoms with Gasteiger partial charge in [-0.25, -0.2) is 0 Å². The van der Waals surface area contributed by atoms with Gasteiger partial charge < -0.3 is 10.2 Å². The van der Waals surface area contributed by atoms with Gasteiger partial charge in [0.25, 0.3) is 0 Å². The van der Waals surface area contributed by atoms with Crippen molar-refractivity contribution in [2.45, 2.75) is 38.4 Å². The third-order valence-electron chi connectivity index (χ3n) is 4.74. The number of carbonyl (C=O) groups is 2. The Morgan fingerprint density at radius 1 is 1.16 bits per heavy atom. The van der Waals surface area contributed by atoms with E-state index in [9.17, 15) is 9.59 Å². The Morgan fingerprint density at radius 2 is 1.88 bits per heavy atom. The Balaban J connectivity index is 1.73. The van der Waals surface area contributed by atoms with E-state index in [1.807, 2.05) is 55.5 Å². The van der Waals surface area contributed by atoms with E-state index < -0.39 is 5.54 Å². The van der Waals surface area contributed by atoms with E-state index in [-0.39, 0.29) is 11.8 Å². The van der Waals surface area contributed by atoms with E-state index in [0.29, 0.717) is 31.0 Å². The molecule has 1 unspecified atom stereocenters. The van der Waals surface area contributed by atoms with E-state index in [4.69, 9.17) is 11.6 Å². The SMILES string of the molecule is CC1(C(=O)NCc2ccccc2)CCC(=O)N1Cc1cccc(Cl)c1. The monoisotopic (exact) mass is 356 g/mol. The van der Waals surface area contributed by atoms with Crippen LogP contribution in [0, 0.1) is 0 Å².